The van der Waals surface area contributed by atoms with Crippen molar-refractivity contribution in [2.45, 2.75) is 71.2 Å². The van der Waals surface area contributed by atoms with E-state index < -0.39 is 0 Å². The SMILES string of the molecule is CC(C)n1ccc(CC2CC(C(C)(C)C)CCC2Br)n1. The molecule has 1 saturated carbocycles. The highest BCUT2D eigenvalue weighted by Crippen LogP contribution is 2.43. The number of halogens is 1. The maximum atomic E-state index is 4.72. The second kappa shape index (κ2) is 6.21. The van der Waals surface area contributed by atoms with Gasteiger partial charge >= 0.3 is 0 Å². The van der Waals surface area contributed by atoms with Crippen LogP contribution in [0.1, 0.15) is 65.6 Å². The van der Waals surface area contributed by atoms with Crippen LogP contribution < -0.4 is 0 Å². The van der Waals surface area contributed by atoms with Gasteiger partial charge in [0.2, 0.25) is 0 Å². The molecule has 114 valence electrons. The van der Waals surface area contributed by atoms with Crippen LogP contribution in [0.2, 0.25) is 0 Å². The van der Waals surface area contributed by atoms with Gasteiger partial charge in [0.25, 0.3) is 0 Å². The molecule has 1 aromatic heterocycles. The molecule has 2 nitrogen and oxygen atoms in total. The van der Waals surface area contributed by atoms with E-state index in [1.165, 1.54) is 25.0 Å². The van der Waals surface area contributed by atoms with Crippen molar-refractivity contribution < 1.29 is 0 Å². The Morgan fingerprint density at radius 2 is 2.05 bits per heavy atom. The Balaban J connectivity index is 2.02. The molecule has 1 heterocycles. The molecule has 1 fully saturated rings. The first-order valence-corrected chi connectivity index (χ1v) is 8.87. The summed E-state index contributed by atoms with van der Waals surface area (Å²) in [6.45, 7) is 11.5. The smallest absolute Gasteiger partial charge is 0.0627 e. The first-order valence-electron chi connectivity index (χ1n) is 7.95. The molecule has 0 saturated heterocycles. The minimum atomic E-state index is 0.433. The highest BCUT2D eigenvalue weighted by atomic mass is 79.9. The van der Waals surface area contributed by atoms with Gasteiger partial charge in [-0.05, 0) is 62.8 Å². The van der Waals surface area contributed by atoms with Gasteiger partial charge in [0.05, 0.1) is 5.69 Å². The number of aromatic nitrogens is 2. The van der Waals surface area contributed by atoms with E-state index in [9.17, 15) is 0 Å². The monoisotopic (exact) mass is 340 g/mol. The van der Waals surface area contributed by atoms with Gasteiger partial charge < -0.3 is 0 Å². The van der Waals surface area contributed by atoms with Gasteiger partial charge in [-0.3, -0.25) is 4.68 Å². The van der Waals surface area contributed by atoms with E-state index in [4.69, 9.17) is 5.10 Å². The Bertz CT molecular complexity index is 430. The molecule has 1 aromatic rings. The molecule has 3 unspecified atom stereocenters. The highest BCUT2D eigenvalue weighted by molar-refractivity contribution is 9.09. The van der Waals surface area contributed by atoms with E-state index in [1.54, 1.807) is 0 Å². The van der Waals surface area contributed by atoms with Crippen molar-refractivity contribution in [2.24, 2.45) is 17.3 Å². The van der Waals surface area contributed by atoms with E-state index in [1.807, 2.05) is 0 Å². The quantitative estimate of drug-likeness (QED) is 0.688. The van der Waals surface area contributed by atoms with Crippen molar-refractivity contribution >= 4 is 15.9 Å². The van der Waals surface area contributed by atoms with Gasteiger partial charge in [-0.25, -0.2) is 0 Å². The average molecular weight is 341 g/mol. The summed E-state index contributed by atoms with van der Waals surface area (Å²) in [6, 6.07) is 2.65. The minimum Gasteiger partial charge on any atom is -0.270 e. The van der Waals surface area contributed by atoms with E-state index in [0.717, 1.165) is 18.3 Å². The number of alkyl halides is 1. The minimum absolute atomic E-state index is 0.433. The van der Waals surface area contributed by atoms with Gasteiger partial charge in [0.15, 0.2) is 0 Å². The highest BCUT2D eigenvalue weighted by Gasteiger charge is 2.35. The number of rotatable bonds is 3. The van der Waals surface area contributed by atoms with Crippen molar-refractivity contribution in [3.05, 3.63) is 18.0 Å². The van der Waals surface area contributed by atoms with Gasteiger partial charge in [0.1, 0.15) is 0 Å². The lowest BCUT2D eigenvalue weighted by atomic mass is 9.68. The Morgan fingerprint density at radius 3 is 2.60 bits per heavy atom. The van der Waals surface area contributed by atoms with Gasteiger partial charge in [-0.1, -0.05) is 36.7 Å². The Hall–Kier alpha value is -0.310. The molecule has 0 aliphatic heterocycles. The normalized spacial score (nSPS) is 28.1. The van der Waals surface area contributed by atoms with Crippen LogP contribution in [-0.2, 0) is 6.42 Å². The summed E-state index contributed by atoms with van der Waals surface area (Å²) < 4.78 is 2.07. The Labute approximate surface area is 132 Å². The Kier molecular flexibility index (Phi) is 4.99. The molecule has 0 bridgehead atoms. The van der Waals surface area contributed by atoms with Crippen LogP contribution >= 0.6 is 15.9 Å². The van der Waals surface area contributed by atoms with Crippen molar-refractivity contribution in [2.75, 3.05) is 0 Å². The molecule has 20 heavy (non-hydrogen) atoms. The van der Waals surface area contributed by atoms with Crippen LogP contribution in [0.5, 0.6) is 0 Å². The molecular weight excluding hydrogens is 312 g/mol. The predicted molar refractivity (Wildman–Crippen MR) is 89.3 cm³/mol. The van der Waals surface area contributed by atoms with Crippen molar-refractivity contribution in [3.8, 4) is 0 Å². The average Bonchev–Trinajstić information content (AvgIpc) is 2.79. The van der Waals surface area contributed by atoms with Crippen LogP contribution in [0.3, 0.4) is 0 Å². The summed E-state index contributed by atoms with van der Waals surface area (Å²) in [7, 11) is 0. The van der Waals surface area contributed by atoms with E-state index in [2.05, 4.69) is 67.5 Å². The fraction of sp³-hybridized carbons (Fsp3) is 0.824. The fourth-order valence-electron chi connectivity index (χ4n) is 3.27. The summed E-state index contributed by atoms with van der Waals surface area (Å²) in [6.07, 6.45) is 7.22. The summed E-state index contributed by atoms with van der Waals surface area (Å²) in [4.78, 5) is 0.658. The molecule has 2 rings (SSSR count). The summed E-state index contributed by atoms with van der Waals surface area (Å²) >= 11 is 3.91. The lowest BCUT2D eigenvalue weighted by Gasteiger charge is -2.40. The maximum absolute atomic E-state index is 4.72. The van der Waals surface area contributed by atoms with Crippen molar-refractivity contribution in [1.29, 1.82) is 0 Å². The molecule has 1 aliphatic carbocycles. The maximum Gasteiger partial charge on any atom is 0.0627 e. The third-order valence-electron chi connectivity index (χ3n) is 4.78. The lowest BCUT2D eigenvalue weighted by molar-refractivity contribution is 0.146. The van der Waals surface area contributed by atoms with E-state index in [0.29, 0.717) is 16.3 Å². The number of hydrogen-bond donors (Lipinski definition) is 0. The van der Waals surface area contributed by atoms with Crippen LogP contribution in [0.4, 0.5) is 0 Å². The summed E-state index contributed by atoms with van der Waals surface area (Å²) in [5, 5.41) is 4.72. The predicted octanol–water partition coefficient (Wildman–Crippen LogP) is 5.23. The molecule has 0 spiro atoms. The largest absolute Gasteiger partial charge is 0.270 e. The Morgan fingerprint density at radius 1 is 1.35 bits per heavy atom. The zero-order chi connectivity index (χ0) is 14.9. The van der Waals surface area contributed by atoms with Crippen LogP contribution in [0, 0.1) is 17.3 Å². The third kappa shape index (κ3) is 3.87. The second-order valence-corrected chi connectivity index (χ2v) is 8.91. The summed E-state index contributed by atoms with van der Waals surface area (Å²) in [5.74, 6) is 1.57. The van der Waals surface area contributed by atoms with Crippen molar-refractivity contribution in [3.63, 3.8) is 0 Å². The summed E-state index contributed by atoms with van der Waals surface area (Å²) in [5.41, 5.74) is 1.69. The van der Waals surface area contributed by atoms with Gasteiger partial charge in [-0.15, -0.1) is 0 Å². The first kappa shape index (κ1) is 16.1. The van der Waals surface area contributed by atoms with Gasteiger partial charge in [0, 0.05) is 17.1 Å². The zero-order valence-electron chi connectivity index (χ0n) is 13.6. The molecule has 3 atom stereocenters. The molecule has 0 N–H and O–H groups in total. The zero-order valence-corrected chi connectivity index (χ0v) is 15.2. The van der Waals surface area contributed by atoms with Crippen LogP contribution in [-0.4, -0.2) is 14.6 Å². The number of hydrogen-bond acceptors (Lipinski definition) is 1. The lowest BCUT2D eigenvalue weighted by Crippen LogP contribution is -2.33. The number of nitrogens with zero attached hydrogens (tertiary/aromatic N) is 2. The topological polar surface area (TPSA) is 17.8 Å². The molecule has 0 radical (unpaired) electrons. The van der Waals surface area contributed by atoms with E-state index in [-0.39, 0.29) is 0 Å². The molecular formula is C17H29BrN2. The first-order chi connectivity index (χ1) is 9.27. The fourth-order valence-corrected chi connectivity index (χ4v) is 3.93. The molecule has 3 heteroatoms. The molecule has 0 aromatic carbocycles. The molecule has 1 aliphatic rings. The van der Waals surface area contributed by atoms with E-state index >= 15 is 0 Å². The standard InChI is InChI=1S/C17H29BrN2/c1-12(2)20-9-8-15(19-20)11-13-10-14(17(3,4)5)6-7-16(13)18/h8-9,12-14,16H,6-7,10-11H2,1-5H3. The van der Waals surface area contributed by atoms with Gasteiger partial charge in [-0.2, -0.15) is 5.10 Å². The second-order valence-electron chi connectivity index (χ2n) is 7.74. The molecule has 0 amide bonds. The van der Waals surface area contributed by atoms with Crippen molar-refractivity contribution in [1.82, 2.24) is 9.78 Å². The van der Waals surface area contributed by atoms with Crippen LogP contribution in [0.25, 0.3) is 0 Å². The van der Waals surface area contributed by atoms with Crippen LogP contribution in [0.15, 0.2) is 12.3 Å². The third-order valence-corrected chi connectivity index (χ3v) is 5.98.